The van der Waals surface area contributed by atoms with Gasteiger partial charge in [-0.1, -0.05) is 35.9 Å². The maximum absolute atomic E-state index is 13.1. The van der Waals surface area contributed by atoms with E-state index in [1.807, 2.05) is 36.4 Å². The molecule has 1 atom stereocenters. The fourth-order valence-corrected chi connectivity index (χ4v) is 4.56. The molecule has 0 amide bonds. The Balaban J connectivity index is 1.43. The van der Waals surface area contributed by atoms with E-state index in [0.717, 1.165) is 54.6 Å². The normalized spacial score (nSPS) is 19.7. The third-order valence-electron chi connectivity index (χ3n) is 5.83. The molecule has 144 valence electrons. The Bertz CT molecular complexity index is 1040. The summed E-state index contributed by atoms with van der Waals surface area (Å²) in [7, 11) is 0. The molecule has 5 rings (SSSR count). The number of Topliss-reactive ketones (excluding diaryl/α,β-unsaturated/α-hetero) is 1. The van der Waals surface area contributed by atoms with Crippen LogP contribution in [0.2, 0.25) is 5.02 Å². The van der Waals surface area contributed by atoms with Crippen molar-refractivity contribution in [1.82, 2.24) is 15.6 Å². The number of aromatic amines is 1. The Kier molecular flexibility index (Phi) is 4.59. The van der Waals surface area contributed by atoms with Crippen LogP contribution in [0.1, 0.15) is 40.5 Å². The van der Waals surface area contributed by atoms with Gasteiger partial charge in [0.05, 0.1) is 22.4 Å². The van der Waals surface area contributed by atoms with Crippen molar-refractivity contribution >= 4 is 34.0 Å². The Labute approximate surface area is 168 Å². The summed E-state index contributed by atoms with van der Waals surface area (Å²) < 4.78 is 0. The second-order valence-electron chi connectivity index (χ2n) is 7.62. The zero-order chi connectivity index (χ0) is 19.1. The number of benzene rings is 2. The van der Waals surface area contributed by atoms with E-state index < -0.39 is 0 Å². The van der Waals surface area contributed by atoms with Crippen molar-refractivity contribution in [1.29, 1.82) is 0 Å². The van der Waals surface area contributed by atoms with Gasteiger partial charge < -0.3 is 15.6 Å². The molecule has 2 aliphatic heterocycles. The lowest BCUT2D eigenvalue weighted by molar-refractivity contribution is 0.0944. The Morgan fingerprint density at radius 3 is 2.79 bits per heavy atom. The van der Waals surface area contributed by atoms with Crippen LogP contribution in [-0.2, 0) is 6.54 Å². The number of carbonyl (C=O) groups excluding carboxylic acids is 1. The van der Waals surface area contributed by atoms with Gasteiger partial charge >= 0.3 is 0 Å². The first kappa shape index (κ1) is 17.7. The second-order valence-corrected chi connectivity index (χ2v) is 7.99. The van der Waals surface area contributed by atoms with E-state index in [1.54, 1.807) is 0 Å². The summed E-state index contributed by atoms with van der Waals surface area (Å²) in [5, 5.41) is 11.8. The van der Waals surface area contributed by atoms with Crippen LogP contribution in [0, 0.1) is 0 Å². The Morgan fingerprint density at radius 1 is 1.11 bits per heavy atom. The van der Waals surface area contributed by atoms with Crippen LogP contribution in [0.15, 0.2) is 42.5 Å². The number of carbonyl (C=O) groups is 1. The highest BCUT2D eigenvalue weighted by Gasteiger charge is 2.29. The third kappa shape index (κ3) is 3.09. The monoisotopic (exact) mass is 394 g/mol. The number of nitrogens with one attached hydrogen (secondary N) is 4. The fourth-order valence-electron chi connectivity index (χ4n) is 4.29. The quantitative estimate of drug-likeness (QED) is 0.505. The topological polar surface area (TPSA) is 69.0 Å². The average Bonchev–Trinajstić information content (AvgIpc) is 3.35. The number of halogens is 1. The number of ketones is 1. The van der Waals surface area contributed by atoms with Crippen molar-refractivity contribution in [3.8, 4) is 0 Å². The first-order valence-corrected chi connectivity index (χ1v) is 10.2. The van der Waals surface area contributed by atoms with Crippen molar-refractivity contribution in [2.45, 2.75) is 31.5 Å². The minimum atomic E-state index is -0.310. The predicted octanol–water partition coefficient (Wildman–Crippen LogP) is 4.01. The van der Waals surface area contributed by atoms with Gasteiger partial charge in [0.1, 0.15) is 0 Å². The lowest BCUT2D eigenvalue weighted by atomic mass is 10.0. The van der Waals surface area contributed by atoms with Gasteiger partial charge in [0.2, 0.25) is 0 Å². The van der Waals surface area contributed by atoms with Gasteiger partial charge in [-0.05, 0) is 55.3 Å². The van der Waals surface area contributed by atoms with E-state index >= 15 is 0 Å². The predicted molar refractivity (Wildman–Crippen MR) is 113 cm³/mol. The molecule has 28 heavy (non-hydrogen) atoms. The highest BCUT2D eigenvalue weighted by Crippen LogP contribution is 2.34. The van der Waals surface area contributed by atoms with E-state index in [4.69, 9.17) is 11.6 Å². The SMILES string of the molecule is O=C(c1cc2c(Cl)c(NC3CCNCC3)ccc2[nH]1)C1NCc2ccccc21. The molecule has 0 saturated carbocycles. The first-order chi connectivity index (χ1) is 13.7. The zero-order valence-electron chi connectivity index (χ0n) is 15.5. The van der Waals surface area contributed by atoms with Crippen molar-refractivity contribution in [2.24, 2.45) is 0 Å². The summed E-state index contributed by atoms with van der Waals surface area (Å²) in [5.41, 5.74) is 4.65. The lowest BCUT2D eigenvalue weighted by Gasteiger charge is -2.25. The molecule has 6 heteroatoms. The summed E-state index contributed by atoms with van der Waals surface area (Å²) in [6.45, 7) is 2.77. The standard InChI is InChI=1S/C22H23ClN4O/c23-20-16-11-19(22(28)21-15-4-2-1-3-13(15)12-25-21)27-17(16)5-6-18(20)26-14-7-9-24-10-8-14/h1-6,11,14,21,24-27H,7-10,12H2. The smallest absolute Gasteiger partial charge is 0.200 e. The lowest BCUT2D eigenvalue weighted by Crippen LogP contribution is -2.35. The van der Waals surface area contributed by atoms with Crippen LogP contribution in [-0.4, -0.2) is 29.9 Å². The molecule has 0 radical (unpaired) electrons. The van der Waals surface area contributed by atoms with Gasteiger partial charge in [-0.2, -0.15) is 0 Å². The average molecular weight is 395 g/mol. The minimum absolute atomic E-state index is 0.0464. The molecule has 0 bridgehead atoms. The van der Waals surface area contributed by atoms with Gasteiger partial charge in [-0.25, -0.2) is 0 Å². The van der Waals surface area contributed by atoms with Crippen LogP contribution in [0.3, 0.4) is 0 Å². The number of fused-ring (bicyclic) bond motifs is 2. The molecule has 2 aliphatic rings. The third-order valence-corrected chi connectivity index (χ3v) is 6.23. The molecule has 1 aromatic heterocycles. The number of hydrogen-bond acceptors (Lipinski definition) is 4. The number of anilines is 1. The van der Waals surface area contributed by atoms with Gasteiger partial charge in [0.15, 0.2) is 5.78 Å². The molecule has 3 heterocycles. The van der Waals surface area contributed by atoms with Crippen molar-refractivity contribution in [2.75, 3.05) is 18.4 Å². The van der Waals surface area contributed by atoms with Gasteiger partial charge in [-0.15, -0.1) is 0 Å². The van der Waals surface area contributed by atoms with E-state index in [-0.39, 0.29) is 11.8 Å². The van der Waals surface area contributed by atoms with Gasteiger partial charge in [0, 0.05) is 23.5 Å². The highest BCUT2D eigenvalue weighted by atomic mass is 35.5. The largest absolute Gasteiger partial charge is 0.381 e. The summed E-state index contributed by atoms with van der Waals surface area (Å²) in [5.74, 6) is 0.0464. The molecule has 1 unspecified atom stereocenters. The molecule has 2 aromatic carbocycles. The molecule has 4 N–H and O–H groups in total. The fraction of sp³-hybridized carbons (Fsp3) is 0.318. The Morgan fingerprint density at radius 2 is 1.93 bits per heavy atom. The Hall–Kier alpha value is -2.34. The molecule has 0 spiro atoms. The van der Waals surface area contributed by atoms with Crippen molar-refractivity contribution < 1.29 is 4.79 Å². The van der Waals surface area contributed by atoms with Crippen molar-refractivity contribution in [3.05, 3.63) is 64.3 Å². The second kappa shape index (κ2) is 7.24. The molecule has 1 saturated heterocycles. The highest BCUT2D eigenvalue weighted by molar-refractivity contribution is 6.38. The summed E-state index contributed by atoms with van der Waals surface area (Å²) >= 11 is 6.69. The summed E-state index contributed by atoms with van der Waals surface area (Å²) in [6.07, 6.45) is 2.16. The van der Waals surface area contributed by atoms with Crippen LogP contribution < -0.4 is 16.0 Å². The summed E-state index contributed by atoms with van der Waals surface area (Å²) in [6, 6.07) is 14.1. The number of hydrogen-bond donors (Lipinski definition) is 4. The molecular weight excluding hydrogens is 372 g/mol. The van der Waals surface area contributed by atoms with Crippen LogP contribution in [0.5, 0.6) is 0 Å². The van der Waals surface area contributed by atoms with E-state index in [9.17, 15) is 4.79 Å². The minimum Gasteiger partial charge on any atom is -0.381 e. The van der Waals surface area contributed by atoms with Gasteiger partial charge in [0.25, 0.3) is 0 Å². The molecule has 1 fully saturated rings. The molecule has 3 aromatic rings. The number of piperidine rings is 1. The maximum Gasteiger partial charge on any atom is 0.200 e. The van der Waals surface area contributed by atoms with Gasteiger partial charge in [-0.3, -0.25) is 10.1 Å². The first-order valence-electron chi connectivity index (χ1n) is 9.84. The van der Waals surface area contributed by atoms with Crippen LogP contribution >= 0.6 is 11.6 Å². The van der Waals surface area contributed by atoms with E-state index in [0.29, 0.717) is 16.8 Å². The van der Waals surface area contributed by atoms with Crippen LogP contribution in [0.4, 0.5) is 5.69 Å². The molecular formula is C22H23ClN4O. The number of H-pyrrole nitrogens is 1. The molecule has 0 aliphatic carbocycles. The van der Waals surface area contributed by atoms with Crippen molar-refractivity contribution in [3.63, 3.8) is 0 Å². The number of rotatable bonds is 4. The van der Waals surface area contributed by atoms with E-state index in [2.05, 4.69) is 27.0 Å². The maximum atomic E-state index is 13.1. The summed E-state index contributed by atoms with van der Waals surface area (Å²) in [4.78, 5) is 16.4. The molecule has 5 nitrogen and oxygen atoms in total. The van der Waals surface area contributed by atoms with E-state index in [1.165, 1.54) is 5.56 Å². The zero-order valence-corrected chi connectivity index (χ0v) is 16.3. The number of aromatic nitrogens is 1. The van der Waals surface area contributed by atoms with Crippen LogP contribution in [0.25, 0.3) is 10.9 Å².